The first kappa shape index (κ1) is 15.4. The van der Waals surface area contributed by atoms with Gasteiger partial charge in [0.2, 0.25) is 0 Å². The molecule has 0 unspecified atom stereocenters. The van der Waals surface area contributed by atoms with Crippen LogP contribution in [0.3, 0.4) is 0 Å². The standard InChI is InChI=1S/C16H22N2O3/c1-2-18(14-8-3-4-9-14)16(21)17-11-12-6-5-7-13(10-12)15(19)20/h5-7,10,14H,2-4,8-9,11H2,1H3,(H,17,21)(H,19,20). The summed E-state index contributed by atoms with van der Waals surface area (Å²) in [5, 5.41) is 11.8. The van der Waals surface area contributed by atoms with Gasteiger partial charge in [0, 0.05) is 19.1 Å². The first-order valence-electron chi connectivity index (χ1n) is 7.48. The summed E-state index contributed by atoms with van der Waals surface area (Å²) in [4.78, 5) is 25.1. The van der Waals surface area contributed by atoms with E-state index in [-0.39, 0.29) is 11.6 Å². The Kier molecular flexibility index (Phi) is 5.20. The summed E-state index contributed by atoms with van der Waals surface area (Å²) >= 11 is 0. The van der Waals surface area contributed by atoms with Gasteiger partial charge in [-0.25, -0.2) is 9.59 Å². The minimum absolute atomic E-state index is 0.0647. The molecule has 21 heavy (non-hydrogen) atoms. The molecule has 1 aliphatic rings. The molecule has 2 rings (SSSR count). The zero-order valence-corrected chi connectivity index (χ0v) is 12.3. The molecule has 0 radical (unpaired) electrons. The van der Waals surface area contributed by atoms with Crippen LogP contribution in [0.25, 0.3) is 0 Å². The third kappa shape index (κ3) is 3.97. The highest BCUT2D eigenvalue weighted by atomic mass is 16.4. The number of carbonyl (C=O) groups is 2. The molecule has 2 amide bonds. The Morgan fingerprint density at radius 3 is 2.67 bits per heavy atom. The van der Waals surface area contributed by atoms with Gasteiger partial charge in [-0.3, -0.25) is 0 Å². The fourth-order valence-corrected chi connectivity index (χ4v) is 2.88. The molecule has 2 N–H and O–H groups in total. The summed E-state index contributed by atoms with van der Waals surface area (Å²) < 4.78 is 0. The van der Waals surface area contributed by atoms with Gasteiger partial charge in [-0.2, -0.15) is 0 Å². The molecule has 1 aromatic rings. The van der Waals surface area contributed by atoms with Gasteiger partial charge in [-0.15, -0.1) is 0 Å². The van der Waals surface area contributed by atoms with Crippen LogP contribution < -0.4 is 5.32 Å². The second kappa shape index (κ2) is 7.11. The van der Waals surface area contributed by atoms with Crippen LogP contribution in [-0.2, 0) is 6.54 Å². The van der Waals surface area contributed by atoms with E-state index >= 15 is 0 Å². The Morgan fingerprint density at radius 2 is 2.05 bits per heavy atom. The normalized spacial score (nSPS) is 14.9. The number of carboxylic acids is 1. The van der Waals surface area contributed by atoms with Crippen molar-refractivity contribution in [3.63, 3.8) is 0 Å². The number of hydrogen-bond donors (Lipinski definition) is 2. The van der Waals surface area contributed by atoms with Crippen LogP contribution in [0.15, 0.2) is 24.3 Å². The number of nitrogens with one attached hydrogen (secondary N) is 1. The molecule has 5 heteroatoms. The average molecular weight is 290 g/mol. The van der Waals surface area contributed by atoms with Gasteiger partial charge in [0.25, 0.3) is 0 Å². The maximum Gasteiger partial charge on any atom is 0.335 e. The molecule has 0 spiro atoms. The molecule has 1 aliphatic carbocycles. The van der Waals surface area contributed by atoms with Crippen LogP contribution >= 0.6 is 0 Å². The molecular weight excluding hydrogens is 268 g/mol. The fraction of sp³-hybridized carbons (Fsp3) is 0.500. The van der Waals surface area contributed by atoms with Gasteiger partial charge < -0.3 is 15.3 Å². The highest BCUT2D eigenvalue weighted by Crippen LogP contribution is 2.23. The van der Waals surface area contributed by atoms with E-state index in [0.717, 1.165) is 18.4 Å². The van der Waals surface area contributed by atoms with Crippen LogP contribution in [0.1, 0.15) is 48.5 Å². The second-order valence-corrected chi connectivity index (χ2v) is 5.39. The van der Waals surface area contributed by atoms with Crippen molar-refractivity contribution in [2.24, 2.45) is 0 Å². The lowest BCUT2D eigenvalue weighted by Crippen LogP contribution is -2.44. The lowest BCUT2D eigenvalue weighted by atomic mass is 10.1. The van der Waals surface area contributed by atoms with Crippen molar-refractivity contribution in [2.75, 3.05) is 6.54 Å². The summed E-state index contributed by atoms with van der Waals surface area (Å²) in [5.41, 5.74) is 1.04. The van der Waals surface area contributed by atoms with Crippen LogP contribution in [0.4, 0.5) is 4.79 Å². The van der Waals surface area contributed by atoms with E-state index in [2.05, 4.69) is 5.32 Å². The summed E-state index contributed by atoms with van der Waals surface area (Å²) in [6.45, 7) is 3.04. The van der Waals surface area contributed by atoms with Gasteiger partial charge in [-0.05, 0) is 37.5 Å². The van der Waals surface area contributed by atoms with E-state index in [1.807, 2.05) is 17.9 Å². The van der Waals surface area contributed by atoms with Crippen LogP contribution in [0.5, 0.6) is 0 Å². The number of carboxylic acid groups (broad SMARTS) is 1. The number of amides is 2. The predicted molar refractivity (Wildman–Crippen MR) is 80.3 cm³/mol. The van der Waals surface area contributed by atoms with Gasteiger partial charge in [0.15, 0.2) is 0 Å². The molecular formula is C16H22N2O3. The highest BCUT2D eigenvalue weighted by Gasteiger charge is 2.25. The molecule has 0 aromatic heterocycles. The molecule has 0 atom stereocenters. The third-order valence-corrected chi connectivity index (χ3v) is 3.98. The van der Waals surface area contributed by atoms with E-state index in [9.17, 15) is 9.59 Å². The number of aromatic carboxylic acids is 1. The number of rotatable bonds is 5. The maximum absolute atomic E-state index is 12.3. The molecule has 0 saturated heterocycles. The predicted octanol–water partition coefficient (Wildman–Crippen LogP) is 2.86. The number of hydrogen-bond acceptors (Lipinski definition) is 2. The van der Waals surface area contributed by atoms with Crippen molar-refractivity contribution in [1.29, 1.82) is 0 Å². The van der Waals surface area contributed by atoms with Crippen molar-refractivity contribution in [1.82, 2.24) is 10.2 Å². The minimum atomic E-state index is -0.954. The largest absolute Gasteiger partial charge is 0.478 e. The number of nitrogens with zero attached hydrogens (tertiary/aromatic N) is 1. The average Bonchev–Trinajstić information content (AvgIpc) is 3.00. The maximum atomic E-state index is 12.3. The van der Waals surface area contributed by atoms with Crippen LogP contribution in [0.2, 0.25) is 0 Å². The molecule has 0 heterocycles. The summed E-state index contributed by atoms with van der Waals surface area (Å²) in [6.07, 6.45) is 4.54. The first-order valence-corrected chi connectivity index (χ1v) is 7.48. The number of carbonyl (C=O) groups excluding carboxylic acids is 1. The Hall–Kier alpha value is -2.04. The Balaban J connectivity index is 1.93. The zero-order chi connectivity index (χ0) is 15.2. The van der Waals surface area contributed by atoms with Crippen molar-refractivity contribution in [3.05, 3.63) is 35.4 Å². The number of benzene rings is 1. The van der Waals surface area contributed by atoms with Gasteiger partial charge >= 0.3 is 12.0 Å². The molecule has 0 aliphatic heterocycles. The van der Waals surface area contributed by atoms with E-state index in [4.69, 9.17) is 5.11 Å². The Labute approximate surface area is 125 Å². The van der Waals surface area contributed by atoms with Gasteiger partial charge in [-0.1, -0.05) is 25.0 Å². The first-order chi connectivity index (χ1) is 10.1. The fourth-order valence-electron chi connectivity index (χ4n) is 2.88. The lowest BCUT2D eigenvalue weighted by Gasteiger charge is -2.27. The summed E-state index contributed by atoms with van der Waals surface area (Å²) in [5.74, 6) is -0.954. The minimum Gasteiger partial charge on any atom is -0.478 e. The lowest BCUT2D eigenvalue weighted by molar-refractivity contribution is 0.0696. The third-order valence-electron chi connectivity index (χ3n) is 3.98. The smallest absolute Gasteiger partial charge is 0.335 e. The topological polar surface area (TPSA) is 69.6 Å². The summed E-state index contributed by atoms with van der Waals surface area (Å²) in [7, 11) is 0. The molecule has 1 fully saturated rings. The quantitative estimate of drug-likeness (QED) is 0.876. The Morgan fingerprint density at radius 1 is 1.33 bits per heavy atom. The second-order valence-electron chi connectivity index (χ2n) is 5.39. The van der Waals surface area contributed by atoms with Gasteiger partial charge in [0.05, 0.1) is 5.56 Å². The van der Waals surface area contributed by atoms with Crippen LogP contribution in [0, 0.1) is 0 Å². The van der Waals surface area contributed by atoms with Crippen molar-refractivity contribution < 1.29 is 14.7 Å². The molecule has 5 nitrogen and oxygen atoms in total. The molecule has 1 aromatic carbocycles. The highest BCUT2D eigenvalue weighted by molar-refractivity contribution is 5.87. The van der Waals surface area contributed by atoms with Gasteiger partial charge in [0.1, 0.15) is 0 Å². The monoisotopic (exact) mass is 290 g/mol. The molecule has 0 bridgehead atoms. The zero-order valence-electron chi connectivity index (χ0n) is 12.3. The molecule has 114 valence electrons. The van der Waals surface area contributed by atoms with E-state index in [1.165, 1.54) is 12.8 Å². The van der Waals surface area contributed by atoms with Crippen molar-refractivity contribution in [3.8, 4) is 0 Å². The SMILES string of the molecule is CCN(C(=O)NCc1cccc(C(=O)O)c1)C1CCCC1. The molecule has 1 saturated carbocycles. The van der Waals surface area contributed by atoms with E-state index in [0.29, 0.717) is 19.1 Å². The summed E-state index contributed by atoms with van der Waals surface area (Å²) in [6, 6.07) is 6.93. The van der Waals surface area contributed by atoms with Crippen LogP contribution in [-0.4, -0.2) is 34.6 Å². The van der Waals surface area contributed by atoms with Crippen molar-refractivity contribution >= 4 is 12.0 Å². The Bertz CT molecular complexity index is 510. The van der Waals surface area contributed by atoms with E-state index < -0.39 is 5.97 Å². The van der Waals surface area contributed by atoms with E-state index in [1.54, 1.807) is 18.2 Å². The number of urea groups is 1. The van der Waals surface area contributed by atoms with Crippen molar-refractivity contribution in [2.45, 2.75) is 45.2 Å².